The monoisotopic (exact) mass is 279 g/mol. The van der Waals surface area contributed by atoms with Crippen LogP contribution in [0.1, 0.15) is 20.8 Å². The predicted molar refractivity (Wildman–Crippen MR) is 76.5 cm³/mol. The maximum Gasteiger partial charge on any atom is 0.325 e. The molecular formula is C13H17N3O2S. The summed E-state index contributed by atoms with van der Waals surface area (Å²) in [6, 6.07) is 2.11. The summed E-state index contributed by atoms with van der Waals surface area (Å²) in [5, 5.41) is 1.98. The highest BCUT2D eigenvalue weighted by molar-refractivity contribution is 7.17. The van der Waals surface area contributed by atoms with Crippen LogP contribution in [-0.4, -0.2) is 35.1 Å². The number of fused-ring (bicyclic) bond motifs is 1. The van der Waals surface area contributed by atoms with E-state index in [1.165, 1.54) is 6.33 Å². The molecular weight excluding hydrogens is 262 g/mol. The van der Waals surface area contributed by atoms with Gasteiger partial charge < -0.3 is 9.64 Å². The van der Waals surface area contributed by atoms with Crippen LogP contribution in [0.5, 0.6) is 0 Å². The average molecular weight is 279 g/mol. The molecule has 5 nitrogen and oxygen atoms in total. The number of ether oxygens (including phenoxy) is 1. The van der Waals surface area contributed by atoms with Crippen molar-refractivity contribution >= 4 is 33.3 Å². The molecule has 0 aromatic carbocycles. The Kier molecular flexibility index (Phi) is 4.31. The molecule has 0 atom stereocenters. The van der Waals surface area contributed by atoms with Gasteiger partial charge in [-0.25, -0.2) is 9.97 Å². The van der Waals surface area contributed by atoms with Crippen molar-refractivity contribution in [2.24, 2.45) is 0 Å². The van der Waals surface area contributed by atoms with Crippen molar-refractivity contribution in [2.75, 3.05) is 18.1 Å². The first-order chi connectivity index (χ1) is 9.13. The molecule has 0 bridgehead atoms. The second-order valence-electron chi connectivity index (χ2n) is 4.36. The van der Waals surface area contributed by atoms with Crippen molar-refractivity contribution in [3.05, 3.63) is 17.8 Å². The maximum atomic E-state index is 11.7. The molecule has 102 valence electrons. The average Bonchev–Trinajstić information content (AvgIpc) is 2.84. The number of esters is 1. The van der Waals surface area contributed by atoms with Gasteiger partial charge in [0.1, 0.15) is 12.9 Å². The van der Waals surface area contributed by atoms with E-state index >= 15 is 0 Å². The first kappa shape index (κ1) is 13.7. The van der Waals surface area contributed by atoms with Crippen LogP contribution >= 0.6 is 11.3 Å². The van der Waals surface area contributed by atoms with E-state index < -0.39 is 0 Å². The Hall–Kier alpha value is -1.69. The summed E-state index contributed by atoms with van der Waals surface area (Å²) in [7, 11) is 0. The van der Waals surface area contributed by atoms with Gasteiger partial charge in [0.15, 0.2) is 5.82 Å². The highest BCUT2D eigenvalue weighted by atomic mass is 32.1. The summed E-state index contributed by atoms with van der Waals surface area (Å²) in [6.07, 6.45) is 1.53. The first-order valence-electron chi connectivity index (χ1n) is 6.24. The third-order valence-electron chi connectivity index (χ3n) is 2.72. The molecule has 0 radical (unpaired) electrons. The molecule has 0 aliphatic heterocycles. The van der Waals surface area contributed by atoms with Gasteiger partial charge in [-0.05, 0) is 32.2 Å². The van der Waals surface area contributed by atoms with Crippen molar-refractivity contribution in [3.8, 4) is 0 Å². The topological polar surface area (TPSA) is 55.3 Å². The van der Waals surface area contributed by atoms with Crippen LogP contribution in [0.3, 0.4) is 0 Å². The lowest BCUT2D eigenvalue weighted by Gasteiger charge is -2.26. The molecule has 0 amide bonds. The van der Waals surface area contributed by atoms with Crippen LogP contribution in [0.4, 0.5) is 5.82 Å². The minimum absolute atomic E-state index is 0.157. The fraction of sp³-hybridized carbons (Fsp3) is 0.462. The second kappa shape index (κ2) is 5.97. The number of nitrogens with zero attached hydrogens (tertiary/aromatic N) is 3. The molecule has 2 aromatic rings. The summed E-state index contributed by atoms with van der Waals surface area (Å²) in [5.74, 6) is 0.558. The van der Waals surface area contributed by atoms with Crippen LogP contribution in [-0.2, 0) is 9.53 Å². The molecule has 2 rings (SSSR count). The SMILES string of the molecule is CCOC(=O)CN(c1ncnc2ccsc12)C(C)C. The van der Waals surface area contributed by atoms with Crippen molar-refractivity contribution < 1.29 is 9.53 Å². The van der Waals surface area contributed by atoms with Gasteiger partial charge in [0.05, 0.1) is 16.8 Å². The Balaban J connectivity index is 2.33. The number of anilines is 1. The molecule has 19 heavy (non-hydrogen) atoms. The summed E-state index contributed by atoms with van der Waals surface area (Å²) in [5.41, 5.74) is 0.907. The molecule has 0 N–H and O–H groups in total. The molecule has 6 heteroatoms. The van der Waals surface area contributed by atoms with E-state index in [4.69, 9.17) is 4.74 Å². The molecule has 0 saturated carbocycles. The van der Waals surface area contributed by atoms with Crippen LogP contribution < -0.4 is 4.90 Å². The van der Waals surface area contributed by atoms with Gasteiger partial charge in [0, 0.05) is 6.04 Å². The smallest absolute Gasteiger partial charge is 0.325 e. The van der Waals surface area contributed by atoms with E-state index in [0.29, 0.717) is 6.61 Å². The lowest BCUT2D eigenvalue weighted by atomic mass is 10.3. The van der Waals surface area contributed by atoms with Crippen molar-refractivity contribution in [1.29, 1.82) is 0 Å². The number of aromatic nitrogens is 2. The van der Waals surface area contributed by atoms with E-state index in [-0.39, 0.29) is 18.6 Å². The Bertz CT molecular complexity index is 568. The number of carbonyl (C=O) groups excluding carboxylic acids is 1. The fourth-order valence-corrected chi connectivity index (χ4v) is 2.68. The Morgan fingerprint density at radius 2 is 2.26 bits per heavy atom. The van der Waals surface area contributed by atoms with Crippen LogP contribution in [0.25, 0.3) is 10.2 Å². The van der Waals surface area contributed by atoms with E-state index in [9.17, 15) is 4.79 Å². The molecule has 0 aliphatic carbocycles. The van der Waals surface area contributed by atoms with Gasteiger partial charge in [-0.3, -0.25) is 4.79 Å². The first-order valence-corrected chi connectivity index (χ1v) is 7.12. The number of hydrogen-bond acceptors (Lipinski definition) is 6. The molecule has 2 aromatic heterocycles. The summed E-state index contributed by atoms with van der Waals surface area (Å²) in [6.45, 7) is 6.46. The Morgan fingerprint density at radius 3 is 2.95 bits per heavy atom. The molecule has 0 fully saturated rings. The predicted octanol–water partition coefficient (Wildman–Crippen LogP) is 2.47. The Labute approximate surface area is 116 Å². The summed E-state index contributed by atoms with van der Waals surface area (Å²) >= 11 is 1.58. The zero-order chi connectivity index (χ0) is 13.8. The zero-order valence-corrected chi connectivity index (χ0v) is 12.1. The standard InChI is InChI=1S/C13H17N3O2S/c1-4-18-11(17)7-16(9(2)3)13-12-10(5-6-19-12)14-8-15-13/h5-6,8-9H,4,7H2,1-3H3. The Morgan fingerprint density at radius 1 is 1.47 bits per heavy atom. The van der Waals surface area contributed by atoms with Gasteiger partial charge in [0.2, 0.25) is 0 Å². The normalized spacial score (nSPS) is 10.9. The van der Waals surface area contributed by atoms with Crippen molar-refractivity contribution in [3.63, 3.8) is 0 Å². The van der Waals surface area contributed by atoms with Gasteiger partial charge >= 0.3 is 5.97 Å². The third kappa shape index (κ3) is 3.01. The lowest BCUT2D eigenvalue weighted by molar-refractivity contribution is -0.141. The number of rotatable bonds is 5. The lowest BCUT2D eigenvalue weighted by Crippen LogP contribution is -2.37. The highest BCUT2D eigenvalue weighted by Crippen LogP contribution is 2.28. The van der Waals surface area contributed by atoms with Gasteiger partial charge in [0.25, 0.3) is 0 Å². The fourth-order valence-electron chi connectivity index (χ4n) is 1.83. The molecule has 0 aliphatic rings. The van der Waals surface area contributed by atoms with E-state index in [1.54, 1.807) is 18.3 Å². The van der Waals surface area contributed by atoms with E-state index in [2.05, 4.69) is 9.97 Å². The summed E-state index contributed by atoms with van der Waals surface area (Å²) < 4.78 is 6.02. The van der Waals surface area contributed by atoms with Crippen LogP contribution in [0, 0.1) is 0 Å². The largest absolute Gasteiger partial charge is 0.465 e. The van der Waals surface area contributed by atoms with Gasteiger partial charge in [-0.2, -0.15) is 0 Å². The van der Waals surface area contributed by atoms with E-state index in [0.717, 1.165) is 16.0 Å². The number of carbonyl (C=O) groups is 1. The van der Waals surface area contributed by atoms with Gasteiger partial charge in [-0.15, -0.1) is 11.3 Å². The zero-order valence-electron chi connectivity index (χ0n) is 11.3. The number of thiophene rings is 1. The second-order valence-corrected chi connectivity index (χ2v) is 5.28. The molecule has 0 spiro atoms. The van der Waals surface area contributed by atoms with Crippen molar-refractivity contribution in [1.82, 2.24) is 9.97 Å². The van der Waals surface area contributed by atoms with E-state index in [1.807, 2.05) is 30.2 Å². The number of hydrogen-bond donors (Lipinski definition) is 0. The molecule has 0 unspecified atom stereocenters. The third-order valence-corrected chi connectivity index (χ3v) is 3.62. The summed E-state index contributed by atoms with van der Waals surface area (Å²) in [4.78, 5) is 22.2. The maximum absolute atomic E-state index is 11.7. The highest BCUT2D eigenvalue weighted by Gasteiger charge is 2.19. The van der Waals surface area contributed by atoms with Crippen LogP contribution in [0.2, 0.25) is 0 Å². The van der Waals surface area contributed by atoms with Crippen LogP contribution in [0.15, 0.2) is 17.8 Å². The molecule has 0 saturated heterocycles. The quantitative estimate of drug-likeness (QED) is 0.787. The van der Waals surface area contributed by atoms with Crippen molar-refractivity contribution in [2.45, 2.75) is 26.8 Å². The minimum Gasteiger partial charge on any atom is -0.465 e. The molecule has 2 heterocycles. The van der Waals surface area contributed by atoms with Gasteiger partial charge in [-0.1, -0.05) is 0 Å². The minimum atomic E-state index is -0.237.